The van der Waals surface area contributed by atoms with Crippen molar-refractivity contribution in [3.63, 3.8) is 0 Å². The Labute approximate surface area is 186 Å². The summed E-state index contributed by atoms with van der Waals surface area (Å²) in [6, 6.07) is 16.3. The molecule has 0 spiro atoms. The van der Waals surface area contributed by atoms with Crippen LogP contribution in [0.2, 0.25) is 0 Å². The van der Waals surface area contributed by atoms with Gasteiger partial charge in [0.05, 0.1) is 5.60 Å². The van der Waals surface area contributed by atoms with Crippen molar-refractivity contribution < 1.29 is 9.90 Å². The van der Waals surface area contributed by atoms with E-state index in [4.69, 9.17) is 0 Å². The van der Waals surface area contributed by atoms with Gasteiger partial charge in [0.1, 0.15) is 0 Å². The lowest BCUT2D eigenvalue weighted by molar-refractivity contribution is -0.120. The van der Waals surface area contributed by atoms with Crippen LogP contribution < -0.4 is 9.80 Å². The molecule has 0 aliphatic carbocycles. The summed E-state index contributed by atoms with van der Waals surface area (Å²) >= 11 is 0. The zero-order valence-corrected chi connectivity index (χ0v) is 19.1. The van der Waals surface area contributed by atoms with Crippen LogP contribution in [0.3, 0.4) is 0 Å². The first-order chi connectivity index (χ1) is 14.9. The van der Waals surface area contributed by atoms with Crippen molar-refractivity contribution in [2.75, 3.05) is 49.1 Å². The van der Waals surface area contributed by atoms with Crippen LogP contribution in [0.1, 0.15) is 38.3 Å². The molecule has 5 heteroatoms. The minimum atomic E-state index is -0.873. The van der Waals surface area contributed by atoms with Crippen molar-refractivity contribution in [1.82, 2.24) is 4.90 Å². The smallest absolute Gasteiger partial charge is 0.230 e. The fourth-order valence-electron chi connectivity index (χ4n) is 4.80. The van der Waals surface area contributed by atoms with E-state index < -0.39 is 5.60 Å². The van der Waals surface area contributed by atoms with Gasteiger partial charge in [-0.3, -0.25) is 4.79 Å². The van der Waals surface area contributed by atoms with Crippen LogP contribution in [0.15, 0.2) is 48.5 Å². The number of hydrogen-bond acceptors (Lipinski definition) is 4. The van der Waals surface area contributed by atoms with Crippen LogP contribution >= 0.6 is 0 Å². The molecule has 2 aliphatic heterocycles. The van der Waals surface area contributed by atoms with E-state index in [2.05, 4.69) is 41.0 Å². The molecule has 0 radical (unpaired) electrons. The first-order valence-corrected chi connectivity index (χ1v) is 11.6. The van der Waals surface area contributed by atoms with E-state index >= 15 is 0 Å². The van der Waals surface area contributed by atoms with Crippen LogP contribution in [-0.4, -0.2) is 55.2 Å². The quantitative estimate of drug-likeness (QED) is 0.773. The Bertz CT molecular complexity index is 896. The molecule has 5 nitrogen and oxygen atoms in total. The number of carbonyl (C=O) groups excluding carboxylic acids is 1. The Kier molecular flexibility index (Phi) is 6.35. The summed E-state index contributed by atoms with van der Waals surface area (Å²) in [6.45, 7) is 11.9. The summed E-state index contributed by atoms with van der Waals surface area (Å²) in [4.78, 5) is 20.1. The van der Waals surface area contributed by atoms with E-state index in [-0.39, 0.29) is 11.8 Å². The lowest BCUT2D eigenvalue weighted by Crippen LogP contribution is -2.46. The van der Waals surface area contributed by atoms with E-state index in [0.29, 0.717) is 0 Å². The topological polar surface area (TPSA) is 47.0 Å². The molecule has 4 rings (SSSR count). The average Bonchev–Trinajstić information content (AvgIpc) is 3.14. The fraction of sp³-hybridized carbons (Fsp3) is 0.500. The number of carbonyl (C=O) groups is 1. The number of rotatable bonds is 6. The van der Waals surface area contributed by atoms with E-state index in [0.717, 1.165) is 63.4 Å². The normalized spacial score (nSPS) is 20.5. The van der Waals surface area contributed by atoms with Gasteiger partial charge in [0.2, 0.25) is 5.91 Å². The second-order valence-corrected chi connectivity index (χ2v) is 9.34. The fourth-order valence-corrected chi connectivity index (χ4v) is 4.80. The van der Waals surface area contributed by atoms with E-state index in [1.807, 2.05) is 29.2 Å². The number of anilines is 2. The highest BCUT2D eigenvalue weighted by atomic mass is 16.3. The van der Waals surface area contributed by atoms with E-state index in [9.17, 15) is 9.90 Å². The van der Waals surface area contributed by atoms with Gasteiger partial charge in [-0.1, -0.05) is 37.3 Å². The summed E-state index contributed by atoms with van der Waals surface area (Å²) in [7, 11) is 0. The van der Waals surface area contributed by atoms with Crippen LogP contribution in [0.4, 0.5) is 11.4 Å². The van der Waals surface area contributed by atoms with Crippen molar-refractivity contribution in [3.05, 3.63) is 59.7 Å². The molecule has 1 atom stereocenters. The molecule has 2 aromatic carbocycles. The molecule has 0 aromatic heterocycles. The standard InChI is InChI=1S/C26H35N3O2/c1-4-27-15-17-28(18-16-27)24-8-6-5-7-20(24)19-21-13-14-29(25(21)30)23-11-9-22(10-12-23)26(2,3)31/h5-12,21,31H,4,13-19H2,1-3H3. The molecule has 2 heterocycles. The third-order valence-electron chi connectivity index (χ3n) is 6.82. The molecule has 31 heavy (non-hydrogen) atoms. The average molecular weight is 422 g/mol. The van der Waals surface area contributed by atoms with Crippen LogP contribution in [-0.2, 0) is 16.8 Å². The zero-order valence-electron chi connectivity index (χ0n) is 19.1. The molecule has 2 aliphatic rings. The number of likely N-dealkylation sites (N-methyl/N-ethyl adjacent to an activating group) is 1. The second kappa shape index (κ2) is 9.01. The number of hydrogen-bond donors (Lipinski definition) is 1. The van der Waals surface area contributed by atoms with Crippen LogP contribution in [0.25, 0.3) is 0 Å². The summed E-state index contributed by atoms with van der Waals surface area (Å²) in [5, 5.41) is 10.2. The highest BCUT2D eigenvalue weighted by Crippen LogP contribution is 2.32. The Morgan fingerprint density at radius 3 is 2.29 bits per heavy atom. The minimum absolute atomic E-state index is 0.0204. The molecule has 166 valence electrons. The number of benzene rings is 2. The summed E-state index contributed by atoms with van der Waals surface area (Å²) < 4.78 is 0. The number of nitrogens with zero attached hydrogens (tertiary/aromatic N) is 3. The molecule has 0 bridgehead atoms. The van der Waals surface area contributed by atoms with Gasteiger partial charge in [0, 0.05) is 50.0 Å². The summed E-state index contributed by atoms with van der Waals surface area (Å²) in [5.41, 5.74) is 3.48. The highest BCUT2D eigenvalue weighted by molar-refractivity contribution is 5.97. The van der Waals surface area contributed by atoms with Gasteiger partial charge in [-0.2, -0.15) is 0 Å². The predicted molar refractivity (Wildman–Crippen MR) is 127 cm³/mol. The van der Waals surface area contributed by atoms with E-state index in [1.54, 1.807) is 13.8 Å². The molecular formula is C26H35N3O2. The molecule has 2 fully saturated rings. The monoisotopic (exact) mass is 421 g/mol. The Morgan fingerprint density at radius 2 is 1.65 bits per heavy atom. The third kappa shape index (κ3) is 4.78. The van der Waals surface area contributed by atoms with Crippen molar-refractivity contribution >= 4 is 17.3 Å². The summed E-state index contributed by atoms with van der Waals surface area (Å²) in [6.07, 6.45) is 1.67. The highest BCUT2D eigenvalue weighted by Gasteiger charge is 2.33. The van der Waals surface area contributed by atoms with Crippen molar-refractivity contribution in [2.24, 2.45) is 5.92 Å². The second-order valence-electron chi connectivity index (χ2n) is 9.34. The van der Waals surface area contributed by atoms with Gasteiger partial charge in [0.15, 0.2) is 0 Å². The minimum Gasteiger partial charge on any atom is -0.386 e. The van der Waals surface area contributed by atoms with Gasteiger partial charge in [-0.15, -0.1) is 0 Å². The number of aliphatic hydroxyl groups is 1. The molecular weight excluding hydrogens is 386 g/mol. The predicted octanol–water partition coefficient (Wildman–Crippen LogP) is 3.65. The number of piperazine rings is 1. The van der Waals surface area contributed by atoms with Crippen molar-refractivity contribution in [2.45, 2.75) is 39.2 Å². The third-order valence-corrected chi connectivity index (χ3v) is 6.82. The van der Waals surface area contributed by atoms with Gasteiger partial charge in [-0.25, -0.2) is 0 Å². The molecule has 1 unspecified atom stereocenters. The molecule has 0 saturated carbocycles. The Morgan fingerprint density at radius 1 is 0.968 bits per heavy atom. The van der Waals surface area contributed by atoms with Crippen molar-refractivity contribution in [1.29, 1.82) is 0 Å². The van der Waals surface area contributed by atoms with Crippen LogP contribution in [0.5, 0.6) is 0 Å². The van der Waals surface area contributed by atoms with Gasteiger partial charge < -0.3 is 19.8 Å². The zero-order chi connectivity index (χ0) is 22.0. The lowest BCUT2D eigenvalue weighted by Gasteiger charge is -2.36. The van der Waals surface area contributed by atoms with Gasteiger partial charge >= 0.3 is 0 Å². The number of amides is 1. The number of para-hydroxylation sites is 1. The largest absolute Gasteiger partial charge is 0.386 e. The van der Waals surface area contributed by atoms with Gasteiger partial charge in [0.25, 0.3) is 0 Å². The molecule has 2 saturated heterocycles. The molecule has 1 N–H and O–H groups in total. The van der Waals surface area contributed by atoms with E-state index in [1.165, 1.54) is 11.3 Å². The molecule has 2 aromatic rings. The maximum atomic E-state index is 13.2. The summed E-state index contributed by atoms with van der Waals surface area (Å²) in [5.74, 6) is 0.230. The SMILES string of the molecule is CCN1CCN(c2ccccc2CC2CCN(c3ccc(C(C)(C)O)cc3)C2=O)CC1. The maximum Gasteiger partial charge on any atom is 0.230 e. The first kappa shape index (κ1) is 21.8. The van der Waals surface area contributed by atoms with Crippen molar-refractivity contribution in [3.8, 4) is 0 Å². The molecule has 1 amide bonds. The Hall–Kier alpha value is -2.37. The Balaban J connectivity index is 1.45. The maximum absolute atomic E-state index is 13.2. The first-order valence-electron chi connectivity index (χ1n) is 11.6. The van der Waals surface area contributed by atoms with Gasteiger partial charge in [-0.05, 0) is 62.6 Å². The van der Waals surface area contributed by atoms with Crippen LogP contribution in [0, 0.1) is 5.92 Å². The lowest BCUT2D eigenvalue weighted by atomic mass is 9.96.